The summed E-state index contributed by atoms with van der Waals surface area (Å²) in [6.45, 7) is 4.86. The molecule has 0 aliphatic carbocycles. The lowest BCUT2D eigenvalue weighted by molar-refractivity contribution is -0.136. The number of ether oxygens (including phenoxy) is 1. The quantitative estimate of drug-likeness (QED) is 0.652. The predicted octanol–water partition coefficient (Wildman–Crippen LogP) is 1.10. The SMILES string of the molecule is COc1cccc(CCNC(=O)CC2CCN(C(=O)C3CNNC3C)CC2)c1. The van der Waals surface area contributed by atoms with Crippen molar-refractivity contribution in [3.05, 3.63) is 29.8 Å². The zero-order valence-electron chi connectivity index (χ0n) is 16.9. The Hall–Kier alpha value is -2.12. The maximum Gasteiger partial charge on any atom is 0.228 e. The first-order valence-corrected chi connectivity index (χ1v) is 10.2. The molecule has 0 aromatic heterocycles. The third-order valence-corrected chi connectivity index (χ3v) is 5.84. The second-order valence-electron chi connectivity index (χ2n) is 7.84. The van der Waals surface area contributed by atoms with Gasteiger partial charge in [0, 0.05) is 38.6 Å². The smallest absolute Gasteiger partial charge is 0.228 e. The molecule has 7 heteroatoms. The fraction of sp³-hybridized carbons (Fsp3) is 0.619. The average Bonchev–Trinajstić information content (AvgIpc) is 3.14. The molecule has 2 unspecified atom stereocenters. The Balaban J connectivity index is 1.35. The second-order valence-corrected chi connectivity index (χ2v) is 7.84. The molecule has 2 heterocycles. The molecule has 2 aliphatic rings. The molecule has 0 radical (unpaired) electrons. The standard InChI is InChI=1S/C21H32N4O3/c1-15-19(14-23-24-15)21(27)25-10-7-17(8-11-25)13-20(26)22-9-6-16-4-3-5-18(12-16)28-2/h3-5,12,15,17,19,23-24H,6-11,13-14H2,1-2H3,(H,22,26). The summed E-state index contributed by atoms with van der Waals surface area (Å²) >= 11 is 0. The monoisotopic (exact) mass is 388 g/mol. The minimum atomic E-state index is 0.0106. The van der Waals surface area contributed by atoms with E-state index in [1.54, 1.807) is 7.11 Å². The van der Waals surface area contributed by atoms with Gasteiger partial charge in [-0.15, -0.1) is 0 Å². The van der Waals surface area contributed by atoms with Gasteiger partial charge in [0.2, 0.25) is 11.8 Å². The molecule has 0 spiro atoms. The van der Waals surface area contributed by atoms with E-state index in [0.29, 0.717) is 25.4 Å². The maximum absolute atomic E-state index is 12.6. The molecule has 2 atom stereocenters. The Bertz CT molecular complexity index is 673. The van der Waals surface area contributed by atoms with Gasteiger partial charge in [0.25, 0.3) is 0 Å². The van der Waals surface area contributed by atoms with Crippen LogP contribution in [-0.2, 0) is 16.0 Å². The summed E-state index contributed by atoms with van der Waals surface area (Å²) in [5, 5.41) is 3.02. The summed E-state index contributed by atoms with van der Waals surface area (Å²) in [6, 6.07) is 8.08. The van der Waals surface area contributed by atoms with E-state index in [0.717, 1.165) is 43.7 Å². The summed E-state index contributed by atoms with van der Waals surface area (Å²) in [5.41, 5.74) is 7.31. The van der Waals surface area contributed by atoms with E-state index in [1.165, 1.54) is 0 Å². The van der Waals surface area contributed by atoms with Crippen molar-refractivity contribution in [2.24, 2.45) is 11.8 Å². The van der Waals surface area contributed by atoms with Crippen molar-refractivity contribution in [1.82, 2.24) is 21.1 Å². The van der Waals surface area contributed by atoms with E-state index < -0.39 is 0 Å². The highest BCUT2D eigenvalue weighted by Crippen LogP contribution is 2.23. The molecule has 3 rings (SSSR count). The molecular formula is C21H32N4O3. The van der Waals surface area contributed by atoms with Gasteiger partial charge in [-0.3, -0.25) is 20.4 Å². The van der Waals surface area contributed by atoms with Crippen LogP contribution in [0.25, 0.3) is 0 Å². The van der Waals surface area contributed by atoms with Crippen LogP contribution >= 0.6 is 0 Å². The molecule has 2 amide bonds. The van der Waals surface area contributed by atoms with Gasteiger partial charge in [-0.05, 0) is 49.8 Å². The topological polar surface area (TPSA) is 82.7 Å². The van der Waals surface area contributed by atoms with Crippen LogP contribution < -0.4 is 20.9 Å². The largest absolute Gasteiger partial charge is 0.497 e. The third-order valence-electron chi connectivity index (χ3n) is 5.84. The summed E-state index contributed by atoms with van der Waals surface area (Å²) in [6.07, 6.45) is 3.13. The molecule has 0 saturated carbocycles. The Labute approximate surface area is 167 Å². The first-order chi connectivity index (χ1) is 13.6. The van der Waals surface area contributed by atoms with Crippen LogP contribution in [0.2, 0.25) is 0 Å². The van der Waals surface area contributed by atoms with Crippen molar-refractivity contribution in [1.29, 1.82) is 0 Å². The number of rotatable bonds is 7. The number of hydrogen-bond donors (Lipinski definition) is 3. The normalized spacial score (nSPS) is 22.9. The van der Waals surface area contributed by atoms with Crippen LogP contribution in [0.1, 0.15) is 31.7 Å². The first kappa shape index (κ1) is 20.6. The van der Waals surface area contributed by atoms with Crippen molar-refractivity contribution >= 4 is 11.8 Å². The second kappa shape index (κ2) is 9.89. The highest BCUT2D eigenvalue weighted by molar-refractivity contribution is 5.80. The number of hydrogen-bond acceptors (Lipinski definition) is 5. The average molecular weight is 389 g/mol. The van der Waals surface area contributed by atoms with Gasteiger partial charge in [-0.1, -0.05) is 12.1 Å². The van der Waals surface area contributed by atoms with Gasteiger partial charge in [0.1, 0.15) is 5.75 Å². The van der Waals surface area contributed by atoms with Crippen molar-refractivity contribution in [3.8, 4) is 5.75 Å². The zero-order valence-corrected chi connectivity index (χ0v) is 16.9. The van der Waals surface area contributed by atoms with E-state index in [-0.39, 0.29) is 23.8 Å². The van der Waals surface area contributed by atoms with Crippen LogP contribution in [0.15, 0.2) is 24.3 Å². The summed E-state index contributed by atoms with van der Waals surface area (Å²) in [7, 11) is 1.65. The van der Waals surface area contributed by atoms with Crippen LogP contribution in [-0.4, -0.2) is 56.0 Å². The molecule has 2 aliphatic heterocycles. The number of carbonyl (C=O) groups is 2. The molecule has 3 N–H and O–H groups in total. The Kier molecular flexibility index (Phi) is 7.28. The zero-order chi connectivity index (χ0) is 19.9. The number of amides is 2. The summed E-state index contributed by atoms with van der Waals surface area (Å²) in [5.74, 6) is 1.54. The molecule has 1 aromatic carbocycles. The fourth-order valence-corrected chi connectivity index (χ4v) is 4.01. The molecule has 0 bridgehead atoms. The number of benzene rings is 1. The van der Waals surface area contributed by atoms with E-state index >= 15 is 0 Å². The number of piperidine rings is 1. The van der Waals surface area contributed by atoms with E-state index in [9.17, 15) is 9.59 Å². The van der Waals surface area contributed by atoms with Crippen molar-refractivity contribution in [3.63, 3.8) is 0 Å². The highest BCUT2D eigenvalue weighted by Gasteiger charge is 2.34. The number of nitrogens with zero attached hydrogens (tertiary/aromatic N) is 1. The third kappa shape index (κ3) is 5.45. The van der Waals surface area contributed by atoms with Crippen molar-refractivity contribution in [2.75, 3.05) is 33.3 Å². The molecule has 28 heavy (non-hydrogen) atoms. The number of likely N-dealkylation sites (tertiary alicyclic amines) is 1. The first-order valence-electron chi connectivity index (χ1n) is 10.2. The molecule has 1 aromatic rings. The molecule has 154 valence electrons. The minimum Gasteiger partial charge on any atom is -0.497 e. The lowest BCUT2D eigenvalue weighted by atomic mass is 9.91. The lowest BCUT2D eigenvalue weighted by Gasteiger charge is -2.33. The molecule has 7 nitrogen and oxygen atoms in total. The number of carbonyl (C=O) groups excluding carboxylic acids is 2. The molecular weight excluding hydrogens is 356 g/mol. The maximum atomic E-state index is 12.6. The van der Waals surface area contributed by atoms with Crippen LogP contribution in [0.3, 0.4) is 0 Å². The van der Waals surface area contributed by atoms with Gasteiger partial charge in [-0.2, -0.15) is 0 Å². The van der Waals surface area contributed by atoms with Crippen molar-refractivity contribution in [2.45, 2.75) is 38.6 Å². The highest BCUT2D eigenvalue weighted by atomic mass is 16.5. The lowest BCUT2D eigenvalue weighted by Crippen LogP contribution is -2.45. The van der Waals surface area contributed by atoms with Crippen LogP contribution in [0.5, 0.6) is 5.75 Å². The Morgan fingerprint density at radius 2 is 2.07 bits per heavy atom. The van der Waals surface area contributed by atoms with Crippen LogP contribution in [0.4, 0.5) is 0 Å². The minimum absolute atomic E-state index is 0.0106. The van der Waals surface area contributed by atoms with Gasteiger partial charge in [0.05, 0.1) is 13.0 Å². The Morgan fingerprint density at radius 1 is 1.29 bits per heavy atom. The Morgan fingerprint density at radius 3 is 2.75 bits per heavy atom. The van der Waals surface area contributed by atoms with E-state index in [2.05, 4.69) is 16.2 Å². The summed E-state index contributed by atoms with van der Waals surface area (Å²) in [4.78, 5) is 26.8. The fourth-order valence-electron chi connectivity index (χ4n) is 4.01. The predicted molar refractivity (Wildman–Crippen MR) is 108 cm³/mol. The van der Waals surface area contributed by atoms with Crippen LogP contribution in [0, 0.1) is 11.8 Å². The summed E-state index contributed by atoms with van der Waals surface area (Å²) < 4.78 is 5.22. The number of methoxy groups -OCH3 is 1. The van der Waals surface area contributed by atoms with E-state index in [4.69, 9.17) is 4.74 Å². The van der Waals surface area contributed by atoms with Crippen molar-refractivity contribution < 1.29 is 14.3 Å². The van der Waals surface area contributed by atoms with Gasteiger partial charge in [-0.25, -0.2) is 0 Å². The van der Waals surface area contributed by atoms with E-state index in [1.807, 2.05) is 36.1 Å². The van der Waals surface area contributed by atoms with Gasteiger partial charge < -0.3 is 15.0 Å². The van der Waals surface area contributed by atoms with Gasteiger partial charge >= 0.3 is 0 Å². The number of hydrazine groups is 1. The molecule has 2 saturated heterocycles. The number of nitrogens with one attached hydrogen (secondary N) is 3. The van der Waals surface area contributed by atoms with Gasteiger partial charge in [0.15, 0.2) is 0 Å². The molecule has 2 fully saturated rings.